The minimum atomic E-state index is 0.0983. The van der Waals surface area contributed by atoms with Gasteiger partial charge in [-0.05, 0) is 24.5 Å². The number of aliphatic hydroxyl groups excluding tert-OH is 1. The Labute approximate surface area is 126 Å². The molecule has 0 saturated heterocycles. The third kappa shape index (κ3) is 4.16. The van der Waals surface area contributed by atoms with Gasteiger partial charge in [0, 0.05) is 23.5 Å². The molecule has 1 aromatic carbocycles. The van der Waals surface area contributed by atoms with Crippen molar-refractivity contribution in [2.75, 3.05) is 13.7 Å². The molecule has 1 heterocycles. The molecule has 2 aromatic rings. The molecule has 0 spiro atoms. The van der Waals surface area contributed by atoms with Crippen LogP contribution in [0.15, 0.2) is 30.3 Å². The van der Waals surface area contributed by atoms with Crippen LogP contribution in [0.1, 0.15) is 25.8 Å². The second-order valence-corrected chi connectivity index (χ2v) is 5.74. The minimum Gasteiger partial charge on any atom is -0.481 e. The third-order valence-electron chi connectivity index (χ3n) is 3.51. The minimum absolute atomic E-state index is 0.0983. The maximum atomic E-state index is 9.44. The summed E-state index contributed by atoms with van der Waals surface area (Å²) in [5.41, 5.74) is 1.94. The van der Waals surface area contributed by atoms with E-state index in [1.54, 1.807) is 7.11 Å². The first-order valence-corrected chi connectivity index (χ1v) is 7.41. The van der Waals surface area contributed by atoms with Gasteiger partial charge in [0.25, 0.3) is 0 Å². The number of pyridine rings is 1. The van der Waals surface area contributed by atoms with Crippen molar-refractivity contribution in [2.45, 2.75) is 32.9 Å². The number of nitrogens with zero attached hydrogens (tertiary/aromatic N) is 1. The van der Waals surface area contributed by atoms with Crippen LogP contribution >= 0.6 is 0 Å². The highest BCUT2D eigenvalue weighted by Crippen LogP contribution is 2.22. The van der Waals surface area contributed by atoms with E-state index in [-0.39, 0.29) is 12.6 Å². The molecule has 2 rings (SSSR count). The fourth-order valence-corrected chi connectivity index (χ4v) is 2.49. The highest BCUT2D eigenvalue weighted by molar-refractivity contribution is 5.80. The van der Waals surface area contributed by atoms with Crippen LogP contribution in [-0.2, 0) is 6.54 Å². The van der Waals surface area contributed by atoms with Crippen LogP contribution in [0.25, 0.3) is 10.9 Å². The lowest BCUT2D eigenvalue weighted by atomic mass is 10.0. The van der Waals surface area contributed by atoms with Gasteiger partial charge in [0.05, 0.1) is 19.2 Å². The first kappa shape index (κ1) is 15.7. The molecule has 4 nitrogen and oxygen atoms in total. The standard InChI is InChI=1S/C17H24N2O2/c1-12(2)8-15(11-20)18-10-14-9-13-6-4-5-7-16(13)19-17(14)21-3/h4-7,9,12,15,18,20H,8,10-11H2,1-3H3. The summed E-state index contributed by atoms with van der Waals surface area (Å²) in [6, 6.07) is 10.2. The van der Waals surface area contributed by atoms with Gasteiger partial charge in [-0.3, -0.25) is 0 Å². The highest BCUT2D eigenvalue weighted by atomic mass is 16.5. The molecule has 21 heavy (non-hydrogen) atoms. The summed E-state index contributed by atoms with van der Waals surface area (Å²) in [5.74, 6) is 1.19. The summed E-state index contributed by atoms with van der Waals surface area (Å²) in [4.78, 5) is 4.53. The predicted molar refractivity (Wildman–Crippen MR) is 85.5 cm³/mol. The van der Waals surface area contributed by atoms with Crippen LogP contribution in [-0.4, -0.2) is 29.8 Å². The first-order chi connectivity index (χ1) is 10.1. The lowest BCUT2D eigenvalue weighted by Crippen LogP contribution is -2.33. The second kappa shape index (κ2) is 7.38. The summed E-state index contributed by atoms with van der Waals surface area (Å²) in [5, 5.41) is 13.9. The van der Waals surface area contributed by atoms with E-state index in [2.05, 4.69) is 30.2 Å². The van der Waals surface area contributed by atoms with Gasteiger partial charge in [-0.25, -0.2) is 4.98 Å². The molecule has 0 aliphatic heterocycles. The third-order valence-corrected chi connectivity index (χ3v) is 3.51. The largest absolute Gasteiger partial charge is 0.481 e. The van der Waals surface area contributed by atoms with E-state index in [4.69, 9.17) is 4.74 Å². The lowest BCUT2D eigenvalue weighted by Gasteiger charge is -2.19. The van der Waals surface area contributed by atoms with Gasteiger partial charge in [-0.15, -0.1) is 0 Å². The molecule has 0 fully saturated rings. The Morgan fingerprint density at radius 3 is 2.71 bits per heavy atom. The molecule has 1 aromatic heterocycles. The number of benzene rings is 1. The van der Waals surface area contributed by atoms with Crippen molar-refractivity contribution >= 4 is 10.9 Å². The van der Waals surface area contributed by atoms with E-state index in [1.165, 1.54) is 0 Å². The molecule has 0 radical (unpaired) electrons. The van der Waals surface area contributed by atoms with Crippen molar-refractivity contribution in [1.82, 2.24) is 10.3 Å². The van der Waals surface area contributed by atoms with E-state index in [0.29, 0.717) is 18.3 Å². The van der Waals surface area contributed by atoms with E-state index in [0.717, 1.165) is 22.9 Å². The summed E-state index contributed by atoms with van der Waals surface area (Å²) >= 11 is 0. The average Bonchev–Trinajstić information content (AvgIpc) is 2.50. The molecule has 114 valence electrons. The normalized spacial score (nSPS) is 12.8. The molecule has 1 unspecified atom stereocenters. The maximum Gasteiger partial charge on any atom is 0.218 e. The number of hydrogen-bond donors (Lipinski definition) is 2. The molecule has 0 aliphatic rings. The number of ether oxygens (including phenoxy) is 1. The van der Waals surface area contributed by atoms with Gasteiger partial charge in [0.1, 0.15) is 0 Å². The van der Waals surface area contributed by atoms with E-state index in [9.17, 15) is 5.11 Å². The molecule has 0 amide bonds. The number of aromatic nitrogens is 1. The molecule has 1 atom stereocenters. The van der Waals surface area contributed by atoms with Crippen molar-refractivity contribution in [3.8, 4) is 5.88 Å². The predicted octanol–water partition coefficient (Wildman–Crippen LogP) is 2.74. The van der Waals surface area contributed by atoms with E-state index >= 15 is 0 Å². The quantitative estimate of drug-likeness (QED) is 0.822. The Morgan fingerprint density at radius 1 is 1.29 bits per heavy atom. The fourth-order valence-electron chi connectivity index (χ4n) is 2.49. The Bertz CT molecular complexity index is 584. The van der Waals surface area contributed by atoms with Gasteiger partial charge in [-0.1, -0.05) is 32.0 Å². The van der Waals surface area contributed by atoms with Crippen LogP contribution in [0, 0.1) is 5.92 Å². The molecular weight excluding hydrogens is 264 g/mol. The number of fused-ring (bicyclic) bond motifs is 1. The Hall–Kier alpha value is -1.65. The zero-order chi connectivity index (χ0) is 15.2. The number of nitrogens with one attached hydrogen (secondary N) is 1. The van der Waals surface area contributed by atoms with Crippen molar-refractivity contribution in [3.63, 3.8) is 0 Å². The van der Waals surface area contributed by atoms with Crippen LogP contribution in [0.4, 0.5) is 0 Å². The SMILES string of the molecule is COc1nc2ccccc2cc1CNC(CO)CC(C)C. The molecule has 0 bridgehead atoms. The number of rotatable bonds is 7. The summed E-state index contributed by atoms with van der Waals surface area (Å²) in [7, 11) is 1.64. The number of para-hydroxylation sites is 1. The fraction of sp³-hybridized carbons (Fsp3) is 0.471. The molecule has 0 aliphatic carbocycles. The number of methoxy groups -OCH3 is 1. The monoisotopic (exact) mass is 288 g/mol. The molecule has 2 N–H and O–H groups in total. The molecule has 4 heteroatoms. The highest BCUT2D eigenvalue weighted by Gasteiger charge is 2.12. The zero-order valence-electron chi connectivity index (χ0n) is 13.0. The van der Waals surface area contributed by atoms with Gasteiger partial charge < -0.3 is 15.2 Å². The Kier molecular flexibility index (Phi) is 5.53. The Morgan fingerprint density at radius 2 is 2.05 bits per heavy atom. The topological polar surface area (TPSA) is 54.4 Å². The summed E-state index contributed by atoms with van der Waals surface area (Å²) in [6.45, 7) is 5.09. The average molecular weight is 288 g/mol. The molecular formula is C17H24N2O2. The van der Waals surface area contributed by atoms with E-state index < -0.39 is 0 Å². The van der Waals surface area contributed by atoms with Crippen LogP contribution in [0.5, 0.6) is 5.88 Å². The summed E-state index contributed by atoms with van der Waals surface area (Å²) < 4.78 is 5.39. The van der Waals surface area contributed by atoms with Gasteiger partial charge in [0.2, 0.25) is 5.88 Å². The van der Waals surface area contributed by atoms with Gasteiger partial charge in [-0.2, -0.15) is 0 Å². The lowest BCUT2D eigenvalue weighted by molar-refractivity contribution is 0.223. The van der Waals surface area contributed by atoms with Crippen LogP contribution in [0.3, 0.4) is 0 Å². The number of aliphatic hydroxyl groups is 1. The summed E-state index contributed by atoms with van der Waals surface area (Å²) in [6.07, 6.45) is 0.944. The zero-order valence-corrected chi connectivity index (χ0v) is 13.0. The maximum absolute atomic E-state index is 9.44. The van der Waals surface area contributed by atoms with Gasteiger partial charge >= 0.3 is 0 Å². The van der Waals surface area contributed by atoms with Gasteiger partial charge in [0.15, 0.2) is 0 Å². The molecule has 0 saturated carbocycles. The Balaban J connectivity index is 2.16. The van der Waals surface area contributed by atoms with Crippen molar-refractivity contribution in [2.24, 2.45) is 5.92 Å². The smallest absolute Gasteiger partial charge is 0.218 e. The first-order valence-electron chi connectivity index (χ1n) is 7.41. The van der Waals surface area contributed by atoms with Crippen molar-refractivity contribution < 1.29 is 9.84 Å². The second-order valence-electron chi connectivity index (χ2n) is 5.74. The van der Waals surface area contributed by atoms with Crippen molar-refractivity contribution in [3.05, 3.63) is 35.9 Å². The number of hydrogen-bond acceptors (Lipinski definition) is 4. The van der Waals surface area contributed by atoms with Crippen LogP contribution in [0.2, 0.25) is 0 Å². The van der Waals surface area contributed by atoms with Crippen molar-refractivity contribution in [1.29, 1.82) is 0 Å². The van der Waals surface area contributed by atoms with Crippen LogP contribution < -0.4 is 10.1 Å². The van der Waals surface area contributed by atoms with E-state index in [1.807, 2.05) is 24.3 Å².